The number of fused-ring (bicyclic) bond motifs is 1. The highest BCUT2D eigenvalue weighted by Gasteiger charge is 2.41. The summed E-state index contributed by atoms with van der Waals surface area (Å²) in [5.41, 5.74) is 0.537. The fourth-order valence-corrected chi connectivity index (χ4v) is 2.41. The number of anilines is 1. The lowest BCUT2D eigenvalue weighted by molar-refractivity contribution is -0.384. The second-order valence-electron chi connectivity index (χ2n) is 4.93. The fourth-order valence-electron chi connectivity index (χ4n) is 2.21. The molecule has 1 aliphatic rings. The van der Waals surface area contributed by atoms with E-state index in [2.05, 4.69) is 9.97 Å². The maximum absolute atomic E-state index is 12.5. The molecule has 0 unspecified atom stereocenters. The molecule has 1 aliphatic heterocycles. The zero-order chi connectivity index (χ0) is 16.9. The number of amides is 2. The summed E-state index contributed by atoms with van der Waals surface area (Å²) in [6.45, 7) is 3.34. The number of halogens is 1. The van der Waals surface area contributed by atoms with E-state index in [1.54, 1.807) is 13.8 Å². The molecule has 8 nitrogen and oxygen atoms in total. The monoisotopic (exact) mass is 332 g/mol. The molecule has 1 aromatic carbocycles. The van der Waals surface area contributed by atoms with Crippen molar-refractivity contribution in [1.29, 1.82) is 0 Å². The number of aryl methyl sites for hydroxylation is 2. The zero-order valence-corrected chi connectivity index (χ0v) is 12.8. The molecule has 0 radical (unpaired) electrons. The van der Waals surface area contributed by atoms with Crippen molar-refractivity contribution in [2.75, 3.05) is 4.90 Å². The lowest BCUT2D eigenvalue weighted by Crippen LogP contribution is -2.30. The molecule has 0 saturated heterocycles. The standard InChI is InChI=1S/C14H9ClN4O4/c1-6-7(2)17-12-11(16-6)13(20)18(14(12)21)10-5-8(19(22)23)3-4-9(10)15/h3-5H,1-2H3. The van der Waals surface area contributed by atoms with Crippen molar-refractivity contribution in [3.63, 3.8) is 0 Å². The molecule has 3 rings (SSSR count). The first-order valence-electron chi connectivity index (χ1n) is 6.49. The quantitative estimate of drug-likeness (QED) is 0.475. The van der Waals surface area contributed by atoms with Crippen molar-refractivity contribution in [3.8, 4) is 0 Å². The van der Waals surface area contributed by atoms with Crippen molar-refractivity contribution < 1.29 is 14.5 Å². The summed E-state index contributed by atoms with van der Waals surface area (Å²) in [6.07, 6.45) is 0. The maximum Gasteiger partial charge on any atom is 0.286 e. The van der Waals surface area contributed by atoms with Crippen LogP contribution in [0.15, 0.2) is 18.2 Å². The van der Waals surface area contributed by atoms with E-state index in [4.69, 9.17) is 11.6 Å². The van der Waals surface area contributed by atoms with Crippen LogP contribution in [0, 0.1) is 24.0 Å². The summed E-state index contributed by atoms with van der Waals surface area (Å²) in [6, 6.07) is 3.52. The fraction of sp³-hybridized carbons (Fsp3) is 0.143. The van der Waals surface area contributed by atoms with Gasteiger partial charge < -0.3 is 0 Å². The Morgan fingerprint density at radius 2 is 1.61 bits per heavy atom. The predicted molar refractivity (Wildman–Crippen MR) is 80.8 cm³/mol. The minimum atomic E-state index is -0.706. The number of nitrogens with zero attached hydrogens (tertiary/aromatic N) is 4. The van der Waals surface area contributed by atoms with Crippen LogP contribution in [0.1, 0.15) is 32.4 Å². The third kappa shape index (κ3) is 2.23. The second-order valence-corrected chi connectivity index (χ2v) is 5.34. The molecule has 0 bridgehead atoms. The smallest absolute Gasteiger partial charge is 0.266 e. The number of nitro groups is 1. The Labute approximate surface area is 134 Å². The molecule has 2 heterocycles. The number of hydrogen-bond donors (Lipinski definition) is 0. The molecule has 0 fully saturated rings. The van der Waals surface area contributed by atoms with Gasteiger partial charge in [-0.3, -0.25) is 19.7 Å². The van der Waals surface area contributed by atoms with Gasteiger partial charge in [0.25, 0.3) is 17.5 Å². The third-order valence-electron chi connectivity index (χ3n) is 3.50. The molecule has 0 N–H and O–H groups in total. The van der Waals surface area contributed by atoms with Gasteiger partial charge in [0.2, 0.25) is 0 Å². The van der Waals surface area contributed by atoms with Crippen LogP contribution in [-0.4, -0.2) is 26.7 Å². The van der Waals surface area contributed by atoms with E-state index in [0.717, 1.165) is 11.0 Å². The van der Waals surface area contributed by atoms with Crippen LogP contribution in [-0.2, 0) is 0 Å². The number of aromatic nitrogens is 2. The molecular weight excluding hydrogens is 324 g/mol. The van der Waals surface area contributed by atoms with Gasteiger partial charge in [-0.25, -0.2) is 14.9 Å². The van der Waals surface area contributed by atoms with E-state index in [0.29, 0.717) is 11.4 Å². The normalized spacial score (nSPS) is 13.4. The van der Waals surface area contributed by atoms with Gasteiger partial charge in [-0.05, 0) is 19.9 Å². The summed E-state index contributed by atoms with van der Waals surface area (Å²) in [5.74, 6) is -1.41. The summed E-state index contributed by atoms with van der Waals surface area (Å²) < 4.78 is 0. The van der Waals surface area contributed by atoms with Gasteiger partial charge in [-0.1, -0.05) is 11.6 Å². The number of non-ortho nitro benzene ring substituents is 1. The summed E-state index contributed by atoms with van der Waals surface area (Å²) in [4.78, 5) is 44.2. The van der Waals surface area contributed by atoms with E-state index in [1.807, 2.05) is 0 Å². The highest BCUT2D eigenvalue weighted by atomic mass is 35.5. The number of hydrogen-bond acceptors (Lipinski definition) is 6. The molecule has 116 valence electrons. The van der Waals surface area contributed by atoms with Crippen LogP contribution < -0.4 is 4.90 Å². The summed E-state index contributed by atoms with van der Waals surface area (Å²) in [5, 5.41) is 10.9. The molecule has 2 aromatic rings. The lowest BCUT2D eigenvalue weighted by Gasteiger charge is -2.14. The van der Waals surface area contributed by atoms with Gasteiger partial charge >= 0.3 is 0 Å². The van der Waals surface area contributed by atoms with Crippen molar-refractivity contribution in [2.24, 2.45) is 0 Å². The van der Waals surface area contributed by atoms with E-state index in [-0.39, 0.29) is 27.8 Å². The van der Waals surface area contributed by atoms with Gasteiger partial charge in [-0.2, -0.15) is 0 Å². The maximum atomic E-state index is 12.5. The van der Waals surface area contributed by atoms with Gasteiger partial charge in [0, 0.05) is 12.1 Å². The highest BCUT2D eigenvalue weighted by Crippen LogP contribution is 2.34. The Balaban J connectivity index is 2.16. The predicted octanol–water partition coefficient (Wildman–Crippen LogP) is 2.46. The zero-order valence-electron chi connectivity index (χ0n) is 12.0. The Hall–Kier alpha value is -2.87. The van der Waals surface area contributed by atoms with Crippen molar-refractivity contribution in [1.82, 2.24) is 9.97 Å². The largest absolute Gasteiger partial charge is 0.286 e. The lowest BCUT2D eigenvalue weighted by atomic mass is 10.2. The SMILES string of the molecule is Cc1nc2c(nc1C)C(=O)N(c1cc([N+](=O)[O-])ccc1Cl)C2=O. The molecule has 9 heteroatoms. The van der Waals surface area contributed by atoms with Crippen LogP contribution in [0.4, 0.5) is 11.4 Å². The number of benzene rings is 1. The summed E-state index contributed by atoms with van der Waals surface area (Å²) >= 11 is 6.01. The molecule has 1 aromatic heterocycles. The molecule has 23 heavy (non-hydrogen) atoms. The average molecular weight is 333 g/mol. The number of rotatable bonds is 2. The molecule has 2 amide bonds. The Bertz CT molecular complexity index is 856. The van der Waals surface area contributed by atoms with Crippen LogP contribution in [0.25, 0.3) is 0 Å². The van der Waals surface area contributed by atoms with Crippen molar-refractivity contribution >= 4 is 34.8 Å². The van der Waals surface area contributed by atoms with E-state index < -0.39 is 16.7 Å². The van der Waals surface area contributed by atoms with Gasteiger partial charge in [0.05, 0.1) is 27.0 Å². The molecule has 0 spiro atoms. The van der Waals surface area contributed by atoms with Crippen molar-refractivity contribution in [3.05, 3.63) is 56.1 Å². The van der Waals surface area contributed by atoms with E-state index in [1.165, 1.54) is 12.1 Å². The molecule has 0 atom stereocenters. The van der Waals surface area contributed by atoms with E-state index in [9.17, 15) is 19.7 Å². The van der Waals surface area contributed by atoms with Crippen molar-refractivity contribution in [2.45, 2.75) is 13.8 Å². The minimum absolute atomic E-state index is 0.0403. The Morgan fingerprint density at radius 1 is 1.09 bits per heavy atom. The van der Waals surface area contributed by atoms with Crippen LogP contribution in [0.2, 0.25) is 5.02 Å². The Kier molecular flexibility index (Phi) is 3.33. The second kappa shape index (κ2) is 5.10. The van der Waals surface area contributed by atoms with Gasteiger partial charge in [0.15, 0.2) is 11.4 Å². The topological polar surface area (TPSA) is 106 Å². The van der Waals surface area contributed by atoms with Gasteiger partial charge in [0.1, 0.15) is 0 Å². The first-order chi connectivity index (χ1) is 10.8. The average Bonchev–Trinajstić information content (AvgIpc) is 2.72. The first-order valence-corrected chi connectivity index (χ1v) is 6.87. The summed E-state index contributed by atoms with van der Waals surface area (Å²) in [7, 11) is 0. The number of nitro benzene ring substituents is 1. The minimum Gasteiger partial charge on any atom is -0.266 e. The highest BCUT2D eigenvalue weighted by molar-refractivity contribution is 6.39. The molecule has 0 saturated carbocycles. The Morgan fingerprint density at radius 3 is 2.09 bits per heavy atom. The molecule has 0 aliphatic carbocycles. The number of carbonyl (C=O) groups is 2. The van der Waals surface area contributed by atoms with Gasteiger partial charge in [-0.15, -0.1) is 0 Å². The number of imide groups is 1. The van der Waals surface area contributed by atoms with Crippen LogP contribution >= 0.6 is 11.6 Å². The molecular formula is C14H9ClN4O4. The first kappa shape index (κ1) is 15.0. The third-order valence-corrected chi connectivity index (χ3v) is 3.82. The van der Waals surface area contributed by atoms with Crippen LogP contribution in [0.5, 0.6) is 0 Å². The van der Waals surface area contributed by atoms with E-state index >= 15 is 0 Å². The van der Waals surface area contributed by atoms with Crippen LogP contribution in [0.3, 0.4) is 0 Å². The number of carbonyl (C=O) groups excluding carboxylic acids is 2.